The first-order valence-corrected chi connectivity index (χ1v) is 6.12. The Hall–Kier alpha value is -1.47. The molecule has 0 radical (unpaired) electrons. The van der Waals surface area contributed by atoms with Crippen molar-refractivity contribution in [2.24, 2.45) is 0 Å². The molecule has 0 fully saturated rings. The molecule has 88 valence electrons. The van der Waals surface area contributed by atoms with Crippen molar-refractivity contribution in [3.63, 3.8) is 0 Å². The lowest BCUT2D eigenvalue weighted by Gasteiger charge is -2.10. The first-order valence-electron chi connectivity index (χ1n) is 5.59. The minimum Gasteiger partial charge on any atom is -0.457 e. The number of aryl methyl sites for hydroxylation is 2. The fourth-order valence-corrected chi connectivity index (χ4v) is 1.93. The lowest BCUT2D eigenvalue weighted by atomic mass is 10.1. The highest BCUT2D eigenvalue weighted by Gasteiger charge is 2.04. The van der Waals surface area contributed by atoms with Crippen LogP contribution in [0.2, 0.25) is 0 Å². The van der Waals surface area contributed by atoms with Gasteiger partial charge >= 0.3 is 0 Å². The molecule has 2 heteroatoms. The van der Waals surface area contributed by atoms with Gasteiger partial charge in [-0.15, -0.1) is 11.6 Å². The highest BCUT2D eigenvalue weighted by Crippen LogP contribution is 2.27. The monoisotopic (exact) mass is 246 g/mol. The van der Waals surface area contributed by atoms with Gasteiger partial charge in [0.2, 0.25) is 0 Å². The number of hydrogen-bond acceptors (Lipinski definition) is 1. The Morgan fingerprint density at radius 3 is 2.47 bits per heavy atom. The van der Waals surface area contributed by atoms with Crippen molar-refractivity contribution in [1.82, 2.24) is 0 Å². The lowest BCUT2D eigenvalue weighted by molar-refractivity contribution is 0.478. The van der Waals surface area contributed by atoms with Crippen LogP contribution >= 0.6 is 11.6 Å². The zero-order valence-corrected chi connectivity index (χ0v) is 10.8. The van der Waals surface area contributed by atoms with E-state index in [1.54, 1.807) is 0 Å². The molecular weight excluding hydrogens is 232 g/mol. The van der Waals surface area contributed by atoms with E-state index < -0.39 is 0 Å². The molecule has 0 saturated heterocycles. The standard InChI is InChI=1S/C15H15ClO/c1-11-4-3-5-14(9-11)17-15-7-6-12(2)8-13(15)10-16/h3-9H,10H2,1-2H3. The molecular formula is C15H15ClO. The van der Waals surface area contributed by atoms with Gasteiger partial charge in [-0.25, -0.2) is 0 Å². The van der Waals surface area contributed by atoms with Gasteiger partial charge in [0.05, 0.1) is 5.88 Å². The van der Waals surface area contributed by atoms with Crippen LogP contribution < -0.4 is 4.74 Å². The number of hydrogen-bond donors (Lipinski definition) is 0. The highest BCUT2D eigenvalue weighted by molar-refractivity contribution is 6.17. The van der Waals surface area contributed by atoms with Crippen molar-refractivity contribution in [2.45, 2.75) is 19.7 Å². The Morgan fingerprint density at radius 2 is 1.76 bits per heavy atom. The first kappa shape index (κ1) is 12.0. The molecule has 0 amide bonds. The molecule has 1 nitrogen and oxygen atoms in total. The largest absolute Gasteiger partial charge is 0.457 e. The van der Waals surface area contributed by atoms with Crippen LogP contribution in [0.1, 0.15) is 16.7 Å². The van der Waals surface area contributed by atoms with Gasteiger partial charge in [0.15, 0.2) is 0 Å². The average molecular weight is 247 g/mol. The average Bonchev–Trinajstić information content (AvgIpc) is 2.31. The van der Waals surface area contributed by atoms with E-state index in [1.165, 1.54) is 11.1 Å². The Morgan fingerprint density at radius 1 is 1.00 bits per heavy atom. The molecule has 0 N–H and O–H groups in total. The Balaban J connectivity index is 2.29. The Kier molecular flexibility index (Phi) is 3.70. The van der Waals surface area contributed by atoms with E-state index >= 15 is 0 Å². The number of benzene rings is 2. The van der Waals surface area contributed by atoms with E-state index in [4.69, 9.17) is 16.3 Å². The predicted molar refractivity (Wildman–Crippen MR) is 72.0 cm³/mol. The van der Waals surface area contributed by atoms with Crippen LogP contribution in [0.3, 0.4) is 0 Å². The molecule has 0 aliphatic rings. The number of halogens is 1. The number of rotatable bonds is 3. The van der Waals surface area contributed by atoms with Gasteiger partial charge in [0, 0.05) is 5.56 Å². The van der Waals surface area contributed by atoms with Gasteiger partial charge < -0.3 is 4.74 Å². The van der Waals surface area contributed by atoms with E-state index in [0.29, 0.717) is 5.88 Å². The van der Waals surface area contributed by atoms with Crippen molar-refractivity contribution in [2.75, 3.05) is 0 Å². The van der Waals surface area contributed by atoms with Crippen LogP contribution in [0, 0.1) is 13.8 Å². The van der Waals surface area contributed by atoms with Gasteiger partial charge in [0.25, 0.3) is 0 Å². The molecule has 0 aliphatic carbocycles. The van der Waals surface area contributed by atoms with E-state index in [1.807, 2.05) is 50.2 Å². The van der Waals surface area contributed by atoms with Crippen LogP contribution in [0.5, 0.6) is 11.5 Å². The Labute approximate surface area is 107 Å². The maximum absolute atomic E-state index is 5.92. The zero-order chi connectivity index (χ0) is 12.3. The third kappa shape index (κ3) is 3.01. The summed E-state index contributed by atoms with van der Waals surface area (Å²) in [5, 5.41) is 0. The molecule has 0 bridgehead atoms. The van der Waals surface area contributed by atoms with Crippen molar-refractivity contribution in [3.05, 3.63) is 59.2 Å². The summed E-state index contributed by atoms with van der Waals surface area (Å²) in [6, 6.07) is 14.0. The van der Waals surface area contributed by atoms with Gasteiger partial charge in [-0.05, 0) is 37.6 Å². The molecule has 2 aromatic rings. The number of ether oxygens (including phenoxy) is 1. The van der Waals surface area contributed by atoms with Crippen LogP contribution in [0.4, 0.5) is 0 Å². The molecule has 0 atom stereocenters. The van der Waals surface area contributed by atoms with E-state index in [0.717, 1.165) is 17.1 Å². The fourth-order valence-electron chi connectivity index (χ4n) is 1.72. The second-order valence-electron chi connectivity index (χ2n) is 4.16. The summed E-state index contributed by atoms with van der Waals surface area (Å²) < 4.78 is 5.85. The van der Waals surface area contributed by atoms with Crippen LogP contribution in [-0.2, 0) is 5.88 Å². The van der Waals surface area contributed by atoms with E-state index in [2.05, 4.69) is 6.07 Å². The van der Waals surface area contributed by atoms with E-state index in [9.17, 15) is 0 Å². The van der Waals surface area contributed by atoms with Crippen molar-refractivity contribution in [3.8, 4) is 11.5 Å². The molecule has 0 spiro atoms. The zero-order valence-electron chi connectivity index (χ0n) is 10.0. The summed E-state index contributed by atoms with van der Waals surface area (Å²) >= 11 is 5.92. The smallest absolute Gasteiger partial charge is 0.131 e. The summed E-state index contributed by atoms with van der Waals surface area (Å²) in [6.07, 6.45) is 0. The summed E-state index contributed by atoms with van der Waals surface area (Å²) in [6.45, 7) is 4.09. The van der Waals surface area contributed by atoms with Gasteiger partial charge in [-0.3, -0.25) is 0 Å². The summed E-state index contributed by atoms with van der Waals surface area (Å²) in [4.78, 5) is 0. The quantitative estimate of drug-likeness (QED) is 0.705. The highest BCUT2D eigenvalue weighted by atomic mass is 35.5. The second kappa shape index (κ2) is 5.24. The minimum atomic E-state index is 0.461. The summed E-state index contributed by atoms with van der Waals surface area (Å²) in [7, 11) is 0. The van der Waals surface area contributed by atoms with Crippen molar-refractivity contribution in [1.29, 1.82) is 0 Å². The maximum atomic E-state index is 5.92. The van der Waals surface area contributed by atoms with Crippen LogP contribution in [-0.4, -0.2) is 0 Å². The topological polar surface area (TPSA) is 9.23 Å². The summed E-state index contributed by atoms with van der Waals surface area (Å²) in [5.74, 6) is 2.14. The predicted octanol–water partition coefficient (Wildman–Crippen LogP) is 4.83. The first-order chi connectivity index (χ1) is 8.19. The van der Waals surface area contributed by atoms with Crippen LogP contribution in [0.25, 0.3) is 0 Å². The van der Waals surface area contributed by atoms with E-state index in [-0.39, 0.29) is 0 Å². The molecule has 0 heterocycles. The third-order valence-corrected chi connectivity index (χ3v) is 2.87. The molecule has 0 aromatic heterocycles. The van der Waals surface area contributed by atoms with Crippen molar-refractivity contribution < 1.29 is 4.74 Å². The number of alkyl halides is 1. The molecule has 0 aliphatic heterocycles. The fraction of sp³-hybridized carbons (Fsp3) is 0.200. The molecule has 17 heavy (non-hydrogen) atoms. The molecule has 0 unspecified atom stereocenters. The van der Waals surface area contributed by atoms with Gasteiger partial charge in [0.1, 0.15) is 11.5 Å². The molecule has 2 aromatic carbocycles. The van der Waals surface area contributed by atoms with Crippen molar-refractivity contribution >= 4 is 11.6 Å². The Bertz CT molecular complexity index is 520. The van der Waals surface area contributed by atoms with Gasteiger partial charge in [-0.1, -0.05) is 29.8 Å². The molecule has 0 saturated carbocycles. The maximum Gasteiger partial charge on any atom is 0.131 e. The minimum absolute atomic E-state index is 0.461. The third-order valence-electron chi connectivity index (χ3n) is 2.58. The normalized spacial score (nSPS) is 10.3. The summed E-state index contributed by atoms with van der Waals surface area (Å²) in [5.41, 5.74) is 3.40. The second-order valence-corrected chi connectivity index (χ2v) is 4.43. The van der Waals surface area contributed by atoms with Crippen LogP contribution in [0.15, 0.2) is 42.5 Å². The molecule has 2 rings (SSSR count). The SMILES string of the molecule is Cc1cccc(Oc2ccc(C)cc2CCl)c1. The lowest BCUT2D eigenvalue weighted by Crippen LogP contribution is -1.90. The van der Waals surface area contributed by atoms with Gasteiger partial charge in [-0.2, -0.15) is 0 Å².